The van der Waals surface area contributed by atoms with Crippen LogP contribution in [0.1, 0.15) is 44.9 Å². The Hall–Kier alpha value is -0.940. The van der Waals surface area contributed by atoms with Crippen LogP contribution in [0.15, 0.2) is 4.52 Å². The topological polar surface area (TPSA) is 85.2 Å². The molecule has 0 radical (unpaired) electrons. The molecule has 0 saturated carbocycles. The molecule has 0 aliphatic carbocycles. The lowest BCUT2D eigenvalue weighted by Crippen LogP contribution is -2.15. The number of nitrogens with zero attached hydrogens (tertiary/aromatic N) is 2. The molecule has 5 nitrogen and oxygen atoms in total. The molecule has 0 spiro atoms. The Labute approximate surface area is 83.3 Å². The van der Waals surface area contributed by atoms with E-state index in [1.807, 2.05) is 20.8 Å². The lowest BCUT2D eigenvalue weighted by molar-refractivity contribution is 0.258. The summed E-state index contributed by atoms with van der Waals surface area (Å²) < 4.78 is 5.01. The second kappa shape index (κ2) is 4.06. The second-order valence-electron chi connectivity index (χ2n) is 4.32. The summed E-state index contributed by atoms with van der Waals surface area (Å²) >= 11 is 0. The molecule has 1 aromatic heterocycles. The van der Waals surface area contributed by atoms with Gasteiger partial charge in [0, 0.05) is 12.0 Å². The summed E-state index contributed by atoms with van der Waals surface area (Å²) in [6, 6.07) is -0.372. The van der Waals surface area contributed by atoms with Crippen LogP contribution in [0.25, 0.3) is 0 Å². The maximum absolute atomic E-state index is 8.69. The summed E-state index contributed by atoms with van der Waals surface area (Å²) in [4.78, 5) is 4.19. The highest BCUT2D eigenvalue weighted by atomic mass is 16.5. The van der Waals surface area contributed by atoms with E-state index in [-0.39, 0.29) is 18.1 Å². The van der Waals surface area contributed by atoms with Crippen molar-refractivity contribution in [2.75, 3.05) is 6.61 Å². The van der Waals surface area contributed by atoms with E-state index in [2.05, 4.69) is 10.1 Å². The van der Waals surface area contributed by atoms with E-state index in [0.29, 0.717) is 18.1 Å². The third-order valence-electron chi connectivity index (χ3n) is 1.87. The van der Waals surface area contributed by atoms with Gasteiger partial charge in [-0.1, -0.05) is 25.9 Å². The molecule has 0 fully saturated rings. The number of rotatable bonds is 3. The van der Waals surface area contributed by atoms with Crippen LogP contribution in [0.5, 0.6) is 0 Å². The summed E-state index contributed by atoms with van der Waals surface area (Å²) in [5.74, 6) is 1.03. The van der Waals surface area contributed by atoms with E-state index >= 15 is 0 Å². The van der Waals surface area contributed by atoms with Crippen molar-refractivity contribution >= 4 is 0 Å². The van der Waals surface area contributed by atoms with Crippen molar-refractivity contribution in [3.05, 3.63) is 11.7 Å². The van der Waals surface area contributed by atoms with Crippen molar-refractivity contribution in [1.29, 1.82) is 0 Å². The third kappa shape index (κ3) is 2.52. The van der Waals surface area contributed by atoms with Gasteiger partial charge in [-0.2, -0.15) is 4.98 Å². The highest BCUT2D eigenvalue weighted by molar-refractivity contribution is 5.01. The van der Waals surface area contributed by atoms with Gasteiger partial charge in [0.2, 0.25) is 5.89 Å². The molecule has 1 aromatic rings. The van der Waals surface area contributed by atoms with Crippen LogP contribution < -0.4 is 5.73 Å². The number of hydrogen-bond donors (Lipinski definition) is 2. The number of nitrogens with two attached hydrogens (primary N) is 1. The summed E-state index contributed by atoms with van der Waals surface area (Å²) in [5, 5.41) is 12.5. The van der Waals surface area contributed by atoms with Gasteiger partial charge in [0.1, 0.15) is 0 Å². The Morgan fingerprint density at radius 2 is 2.14 bits per heavy atom. The monoisotopic (exact) mass is 199 g/mol. The van der Waals surface area contributed by atoms with Gasteiger partial charge >= 0.3 is 0 Å². The molecule has 0 aromatic carbocycles. The molecular formula is C9H17N3O2. The fraction of sp³-hybridized carbons (Fsp3) is 0.778. The van der Waals surface area contributed by atoms with Crippen molar-refractivity contribution in [3.8, 4) is 0 Å². The Kier molecular flexibility index (Phi) is 3.23. The molecule has 3 N–H and O–H groups in total. The predicted octanol–water partition coefficient (Wildman–Crippen LogP) is 0.749. The number of aliphatic hydroxyl groups is 1. The van der Waals surface area contributed by atoms with Crippen molar-refractivity contribution in [1.82, 2.24) is 10.1 Å². The molecule has 0 bridgehead atoms. The lowest BCUT2D eigenvalue weighted by Gasteiger charge is -2.11. The Morgan fingerprint density at radius 3 is 2.57 bits per heavy atom. The summed E-state index contributed by atoms with van der Waals surface area (Å²) in [5.41, 5.74) is 5.57. The van der Waals surface area contributed by atoms with Gasteiger partial charge in [0.25, 0.3) is 0 Å². The van der Waals surface area contributed by atoms with E-state index in [0.717, 1.165) is 0 Å². The van der Waals surface area contributed by atoms with Crippen LogP contribution in [0.2, 0.25) is 0 Å². The average Bonchev–Trinajstić information content (AvgIpc) is 2.51. The van der Waals surface area contributed by atoms with E-state index < -0.39 is 0 Å². The number of aliphatic hydroxyl groups excluding tert-OH is 1. The zero-order chi connectivity index (χ0) is 10.8. The maximum Gasteiger partial charge on any atom is 0.243 e. The Bertz CT molecular complexity index is 290. The van der Waals surface area contributed by atoms with E-state index in [1.165, 1.54) is 0 Å². The maximum atomic E-state index is 8.69. The molecule has 1 unspecified atom stereocenters. The van der Waals surface area contributed by atoms with E-state index in [9.17, 15) is 0 Å². The summed E-state index contributed by atoms with van der Waals surface area (Å²) in [6.07, 6.45) is 0.436. The fourth-order valence-electron chi connectivity index (χ4n) is 0.953. The molecule has 1 heterocycles. The largest absolute Gasteiger partial charge is 0.396 e. The van der Waals surface area contributed by atoms with Crippen LogP contribution in [0, 0.1) is 0 Å². The zero-order valence-electron chi connectivity index (χ0n) is 8.82. The number of aromatic nitrogens is 2. The van der Waals surface area contributed by atoms with Crippen molar-refractivity contribution in [2.45, 2.75) is 38.6 Å². The van der Waals surface area contributed by atoms with Gasteiger partial charge < -0.3 is 15.4 Å². The molecule has 0 amide bonds. The van der Waals surface area contributed by atoms with Crippen LogP contribution in [-0.4, -0.2) is 21.9 Å². The van der Waals surface area contributed by atoms with Crippen LogP contribution >= 0.6 is 0 Å². The lowest BCUT2D eigenvalue weighted by atomic mass is 9.96. The minimum atomic E-state index is -0.372. The van der Waals surface area contributed by atoms with Crippen LogP contribution in [0.3, 0.4) is 0 Å². The normalized spacial score (nSPS) is 14.4. The van der Waals surface area contributed by atoms with Crippen molar-refractivity contribution in [2.24, 2.45) is 5.73 Å². The first-order chi connectivity index (χ1) is 6.45. The first-order valence-electron chi connectivity index (χ1n) is 4.65. The molecule has 5 heteroatoms. The van der Waals surface area contributed by atoms with E-state index in [1.54, 1.807) is 0 Å². The molecule has 80 valence electrons. The fourth-order valence-corrected chi connectivity index (χ4v) is 0.953. The predicted molar refractivity (Wildman–Crippen MR) is 51.6 cm³/mol. The molecule has 0 saturated heterocycles. The van der Waals surface area contributed by atoms with E-state index in [4.69, 9.17) is 15.4 Å². The smallest absolute Gasteiger partial charge is 0.243 e. The minimum absolute atomic E-state index is 0.0222. The van der Waals surface area contributed by atoms with Gasteiger partial charge in [0.05, 0.1) is 6.04 Å². The SMILES string of the molecule is CC(C)(C)c1noc(C(N)CCO)n1. The molecule has 0 aliphatic rings. The highest BCUT2D eigenvalue weighted by Crippen LogP contribution is 2.20. The third-order valence-corrected chi connectivity index (χ3v) is 1.87. The minimum Gasteiger partial charge on any atom is -0.396 e. The zero-order valence-corrected chi connectivity index (χ0v) is 8.82. The van der Waals surface area contributed by atoms with Crippen molar-refractivity contribution < 1.29 is 9.63 Å². The highest BCUT2D eigenvalue weighted by Gasteiger charge is 2.22. The summed E-state index contributed by atoms with van der Waals surface area (Å²) in [6.45, 7) is 6.02. The molecule has 14 heavy (non-hydrogen) atoms. The second-order valence-corrected chi connectivity index (χ2v) is 4.32. The first kappa shape index (κ1) is 11.1. The quantitative estimate of drug-likeness (QED) is 0.750. The first-order valence-corrected chi connectivity index (χ1v) is 4.65. The number of hydrogen-bond acceptors (Lipinski definition) is 5. The van der Waals surface area contributed by atoms with Gasteiger partial charge in [-0.3, -0.25) is 0 Å². The van der Waals surface area contributed by atoms with Crippen LogP contribution in [-0.2, 0) is 5.41 Å². The molecule has 1 rings (SSSR count). The van der Waals surface area contributed by atoms with Gasteiger partial charge in [0.15, 0.2) is 5.82 Å². The molecule has 0 aliphatic heterocycles. The molecular weight excluding hydrogens is 182 g/mol. The Morgan fingerprint density at radius 1 is 1.50 bits per heavy atom. The average molecular weight is 199 g/mol. The standard InChI is InChI=1S/C9H17N3O2/c1-9(2,3)8-11-7(14-12-8)6(10)4-5-13/h6,13H,4-5,10H2,1-3H3. The van der Waals surface area contributed by atoms with Crippen LogP contribution in [0.4, 0.5) is 0 Å². The summed E-state index contributed by atoms with van der Waals surface area (Å²) in [7, 11) is 0. The van der Waals surface area contributed by atoms with Gasteiger partial charge in [-0.25, -0.2) is 0 Å². The van der Waals surface area contributed by atoms with Gasteiger partial charge in [-0.05, 0) is 6.42 Å². The Balaban J connectivity index is 2.78. The van der Waals surface area contributed by atoms with Gasteiger partial charge in [-0.15, -0.1) is 0 Å². The van der Waals surface area contributed by atoms with Crippen molar-refractivity contribution in [3.63, 3.8) is 0 Å². The molecule has 1 atom stereocenters.